The standard InChI is InChI=1S/C19H12FN/c20-19-10-8-16(9-11-19)15-4-6-17(7-5-15)18-3-1-2-14(12-18)13-21/h1-12H. The molecule has 21 heavy (non-hydrogen) atoms. The Labute approximate surface area is 122 Å². The number of hydrogen-bond acceptors (Lipinski definition) is 1. The van der Waals surface area contributed by atoms with Crippen LogP contribution in [0.15, 0.2) is 72.8 Å². The van der Waals surface area contributed by atoms with Crippen LogP contribution >= 0.6 is 0 Å². The molecule has 0 amide bonds. The van der Waals surface area contributed by atoms with E-state index in [-0.39, 0.29) is 5.82 Å². The molecule has 0 fully saturated rings. The number of nitriles is 1. The molecule has 0 N–H and O–H groups in total. The zero-order valence-corrected chi connectivity index (χ0v) is 11.3. The third-order valence-electron chi connectivity index (χ3n) is 3.39. The van der Waals surface area contributed by atoms with Gasteiger partial charge < -0.3 is 0 Å². The molecule has 0 aliphatic rings. The first-order valence-corrected chi connectivity index (χ1v) is 6.63. The van der Waals surface area contributed by atoms with E-state index in [9.17, 15) is 4.39 Å². The van der Waals surface area contributed by atoms with Crippen LogP contribution in [0.2, 0.25) is 0 Å². The van der Waals surface area contributed by atoms with Gasteiger partial charge in [-0.05, 0) is 46.5 Å². The third-order valence-corrected chi connectivity index (χ3v) is 3.39. The quantitative estimate of drug-likeness (QED) is 0.642. The smallest absolute Gasteiger partial charge is 0.123 e. The van der Waals surface area contributed by atoms with Gasteiger partial charge in [0.05, 0.1) is 11.6 Å². The van der Waals surface area contributed by atoms with E-state index in [0.717, 1.165) is 22.3 Å². The van der Waals surface area contributed by atoms with Crippen LogP contribution in [0.5, 0.6) is 0 Å². The fourth-order valence-electron chi connectivity index (χ4n) is 2.27. The van der Waals surface area contributed by atoms with Gasteiger partial charge in [-0.15, -0.1) is 0 Å². The number of halogens is 1. The summed E-state index contributed by atoms with van der Waals surface area (Å²) in [6, 6.07) is 24.1. The van der Waals surface area contributed by atoms with E-state index in [0.29, 0.717) is 5.56 Å². The van der Waals surface area contributed by atoms with Crippen LogP contribution in [0.25, 0.3) is 22.3 Å². The molecule has 0 atom stereocenters. The maximum Gasteiger partial charge on any atom is 0.123 e. The summed E-state index contributed by atoms with van der Waals surface area (Å²) in [6.45, 7) is 0. The van der Waals surface area contributed by atoms with Crippen molar-refractivity contribution in [3.8, 4) is 28.3 Å². The molecule has 2 heteroatoms. The lowest BCUT2D eigenvalue weighted by Crippen LogP contribution is -1.82. The average Bonchev–Trinajstić information content (AvgIpc) is 2.56. The lowest BCUT2D eigenvalue weighted by Gasteiger charge is -2.05. The highest BCUT2D eigenvalue weighted by Gasteiger charge is 2.01. The maximum atomic E-state index is 12.9. The molecule has 0 aromatic heterocycles. The minimum absolute atomic E-state index is 0.233. The lowest BCUT2D eigenvalue weighted by molar-refractivity contribution is 0.628. The Morgan fingerprint density at radius 2 is 1.19 bits per heavy atom. The molecule has 0 heterocycles. The van der Waals surface area contributed by atoms with Gasteiger partial charge in [0, 0.05) is 0 Å². The number of benzene rings is 3. The molecule has 0 radical (unpaired) electrons. The molecular weight excluding hydrogens is 261 g/mol. The predicted octanol–water partition coefficient (Wildman–Crippen LogP) is 5.03. The van der Waals surface area contributed by atoms with Crippen molar-refractivity contribution in [1.29, 1.82) is 5.26 Å². The van der Waals surface area contributed by atoms with Gasteiger partial charge in [0.1, 0.15) is 5.82 Å². The summed E-state index contributed by atoms with van der Waals surface area (Å²) in [7, 11) is 0. The monoisotopic (exact) mass is 273 g/mol. The van der Waals surface area contributed by atoms with Crippen LogP contribution in [-0.4, -0.2) is 0 Å². The molecule has 0 spiro atoms. The van der Waals surface area contributed by atoms with Gasteiger partial charge in [-0.25, -0.2) is 4.39 Å². The largest absolute Gasteiger partial charge is 0.207 e. The van der Waals surface area contributed by atoms with Gasteiger partial charge in [-0.1, -0.05) is 48.5 Å². The minimum atomic E-state index is -0.233. The van der Waals surface area contributed by atoms with Crippen LogP contribution in [0.4, 0.5) is 4.39 Å². The van der Waals surface area contributed by atoms with Crippen molar-refractivity contribution in [3.05, 3.63) is 84.2 Å². The molecule has 3 aromatic carbocycles. The molecular formula is C19H12FN. The summed E-state index contributed by atoms with van der Waals surface area (Å²) in [5.41, 5.74) is 4.73. The van der Waals surface area contributed by atoms with Crippen LogP contribution in [0.1, 0.15) is 5.56 Å². The summed E-state index contributed by atoms with van der Waals surface area (Å²) >= 11 is 0. The number of hydrogen-bond donors (Lipinski definition) is 0. The summed E-state index contributed by atoms with van der Waals surface area (Å²) in [5, 5.41) is 8.94. The van der Waals surface area contributed by atoms with Gasteiger partial charge in [-0.3, -0.25) is 0 Å². The highest BCUT2D eigenvalue weighted by molar-refractivity contribution is 5.71. The van der Waals surface area contributed by atoms with E-state index in [2.05, 4.69) is 6.07 Å². The molecule has 0 aliphatic carbocycles. The normalized spacial score (nSPS) is 10.1. The minimum Gasteiger partial charge on any atom is -0.207 e. The average molecular weight is 273 g/mol. The third kappa shape index (κ3) is 2.82. The zero-order chi connectivity index (χ0) is 14.7. The Morgan fingerprint density at radius 1 is 0.667 bits per heavy atom. The Balaban J connectivity index is 1.93. The molecule has 0 bridgehead atoms. The van der Waals surface area contributed by atoms with E-state index >= 15 is 0 Å². The summed E-state index contributed by atoms with van der Waals surface area (Å²) in [4.78, 5) is 0. The summed E-state index contributed by atoms with van der Waals surface area (Å²) in [5.74, 6) is -0.233. The second kappa shape index (κ2) is 5.60. The molecule has 100 valence electrons. The zero-order valence-electron chi connectivity index (χ0n) is 11.3. The second-order valence-corrected chi connectivity index (χ2v) is 4.78. The predicted molar refractivity (Wildman–Crippen MR) is 82.0 cm³/mol. The second-order valence-electron chi connectivity index (χ2n) is 4.78. The Morgan fingerprint density at radius 3 is 1.76 bits per heavy atom. The Kier molecular flexibility index (Phi) is 3.49. The number of nitrogens with zero attached hydrogens (tertiary/aromatic N) is 1. The Bertz CT molecular complexity index is 796. The van der Waals surface area contributed by atoms with E-state index in [4.69, 9.17) is 5.26 Å². The fraction of sp³-hybridized carbons (Fsp3) is 0. The highest BCUT2D eigenvalue weighted by Crippen LogP contribution is 2.25. The van der Waals surface area contributed by atoms with Crippen molar-refractivity contribution in [3.63, 3.8) is 0 Å². The first kappa shape index (κ1) is 13.1. The van der Waals surface area contributed by atoms with Crippen LogP contribution < -0.4 is 0 Å². The van der Waals surface area contributed by atoms with E-state index in [1.807, 2.05) is 42.5 Å². The van der Waals surface area contributed by atoms with Crippen molar-refractivity contribution in [2.45, 2.75) is 0 Å². The molecule has 0 saturated carbocycles. The van der Waals surface area contributed by atoms with Gasteiger partial charge >= 0.3 is 0 Å². The molecule has 0 unspecified atom stereocenters. The van der Waals surface area contributed by atoms with E-state index in [1.165, 1.54) is 12.1 Å². The van der Waals surface area contributed by atoms with E-state index < -0.39 is 0 Å². The summed E-state index contributed by atoms with van der Waals surface area (Å²) in [6.07, 6.45) is 0. The first-order valence-electron chi connectivity index (χ1n) is 6.63. The van der Waals surface area contributed by atoms with Crippen molar-refractivity contribution in [2.75, 3.05) is 0 Å². The number of rotatable bonds is 2. The first-order chi connectivity index (χ1) is 10.3. The van der Waals surface area contributed by atoms with E-state index in [1.54, 1.807) is 18.2 Å². The highest BCUT2D eigenvalue weighted by atomic mass is 19.1. The fourth-order valence-corrected chi connectivity index (χ4v) is 2.27. The van der Waals surface area contributed by atoms with Crippen molar-refractivity contribution >= 4 is 0 Å². The summed E-state index contributed by atoms with van der Waals surface area (Å²) < 4.78 is 12.9. The molecule has 0 aliphatic heterocycles. The maximum absolute atomic E-state index is 12.9. The molecule has 3 aromatic rings. The van der Waals surface area contributed by atoms with Gasteiger partial charge in [0.2, 0.25) is 0 Å². The van der Waals surface area contributed by atoms with Gasteiger partial charge in [-0.2, -0.15) is 5.26 Å². The van der Waals surface area contributed by atoms with Crippen molar-refractivity contribution < 1.29 is 4.39 Å². The van der Waals surface area contributed by atoms with Crippen LogP contribution in [0, 0.1) is 17.1 Å². The van der Waals surface area contributed by atoms with Gasteiger partial charge in [0.25, 0.3) is 0 Å². The lowest BCUT2D eigenvalue weighted by atomic mass is 9.99. The van der Waals surface area contributed by atoms with Crippen molar-refractivity contribution in [2.24, 2.45) is 0 Å². The molecule has 0 saturated heterocycles. The SMILES string of the molecule is N#Cc1cccc(-c2ccc(-c3ccc(F)cc3)cc2)c1. The van der Waals surface area contributed by atoms with Crippen molar-refractivity contribution in [1.82, 2.24) is 0 Å². The topological polar surface area (TPSA) is 23.8 Å². The molecule has 1 nitrogen and oxygen atoms in total. The molecule has 3 rings (SSSR count). The Hall–Kier alpha value is -2.92. The van der Waals surface area contributed by atoms with Gasteiger partial charge in [0.15, 0.2) is 0 Å². The van der Waals surface area contributed by atoms with Crippen LogP contribution in [0.3, 0.4) is 0 Å². The van der Waals surface area contributed by atoms with Crippen LogP contribution in [-0.2, 0) is 0 Å².